The number of aromatic nitrogens is 1. The number of anilines is 1. The highest BCUT2D eigenvalue weighted by molar-refractivity contribution is 5.94. The predicted molar refractivity (Wildman–Crippen MR) is 82.2 cm³/mol. The van der Waals surface area contributed by atoms with Crippen LogP contribution in [0.15, 0.2) is 12.3 Å². The van der Waals surface area contributed by atoms with Gasteiger partial charge in [0.05, 0.1) is 24.4 Å². The molecule has 0 bridgehead atoms. The van der Waals surface area contributed by atoms with E-state index in [1.165, 1.54) is 12.8 Å². The van der Waals surface area contributed by atoms with Crippen LogP contribution in [0.5, 0.6) is 0 Å². The van der Waals surface area contributed by atoms with Crippen LogP contribution < -0.4 is 5.73 Å². The van der Waals surface area contributed by atoms with Crippen LogP contribution in [0.25, 0.3) is 0 Å². The molecule has 2 atom stereocenters. The van der Waals surface area contributed by atoms with Gasteiger partial charge < -0.3 is 19.9 Å². The molecule has 5 heteroatoms. The summed E-state index contributed by atoms with van der Waals surface area (Å²) < 4.78 is 7.85. The van der Waals surface area contributed by atoms with Gasteiger partial charge in [-0.3, -0.25) is 4.79 Å². The fourth-order valence-corrected chi connectivity index (χ4v) is 3.63. The Morgan fingerprint density at radius 2 is 2.24 bits per heavy atom. The molecule has 2 heterocycles. The van der Waals surface area contributed by atoms with Crippen LogP contribution in [0.2, 0.25) is 0 Å². The molecule has 1 aromatic heterocycles. The average molecular weight is 291 g/mol. The molecule has 2 unspecified atom stereocenters. The summed E-state index contributed by atoms with van der Waals surface area (Å²) in [6.45, 7) is 4.28. The average Bonchev–Trinajstić information content (AvgIpc) is 2.87. The van der Waals surface area contributed by atoms with Crippen molar-refractivity contribution in [1.29, 1.82) is 0 Å². The van der Waals surface area contributed by atoms with Crippen molar-refractivity contribution in [2.45, 2.75) is 57.7 Å². The van der Waals surface area contributed by atoms with Crippen LogP contribution in [-0.4, -0.2) is 40.7 Å². The van der Waals surface area contributed by atoms with Crippen molar-refractivity contribution >= 4 is 11.6 Å². The Hall–Kier alpha value is -1.49. The Balaban J connectivity index is 1.83. The molecule has 1 amide bonds. The van der Waals surface area contributed by atoms with E-state index in [4.69, 9.17) is 10.5 Å². The normalized spacial score (nSPS) is 25.7. The van der Waals surface area contributed by atoms with Crippen LogP contribution in [0.4, 0.5) is 5.69 Å². The third-order valence-corrected chi connectivity index (χ3v) is 4.59. The summed E-state index contributed by atoms with van der Waals surface area (Å²) in [4.78, 5) is 15.0. The number of nitrogens with zero attached hydrogens (tertiary/aromatic N) is 2. The quantitative estimate of drug-likeness (QED) is 0.929. The second-order valence-corrected chi connectivity index (χ2v) is 6.11. The summed E-state index contributed by atoms with van der Waals surface area (Å²) in [7, 11) is 0. The van der Waals surface area contributed by atoms with Crippen molar-refractivity contribution in [3.8, 4) is 0 Å². The van der Waals surface area contributed by atoms with Gasteiger partial charge in [0, 0.05) is 19.3 Å². The molecule has 0 radical (unpaired) electrons. The summed E-state index contributed by atoms with van der Waals surface area (Å²) in [5.41, 5.74) is 7.28. The highest BCUT2D eigenvalue weighted by Crippen LogP contribution is 2.29. The maximum absolute atomic E-state index is 13.0. The van der Waals surface area contributed by atoms with Crippen molar-refractivity contribution in [2.75, 3.05) is 18.9 Å². The van der Waals surface area contributed by atoms with Crippen molar-refractivity contribution in [3.63, 3.8) is 0 Å². The summed E-state index contributed by atoms with van der Waals surface area (Å²) in [5.74, 6) is 0.111. The minimum absolute atomic E-state index is 0.111. The second-order valence-electron chi connectivity index (χ2n) is 6.11. The SMILES string of the molecule is CCCn1cc(N)cc1C(=O)N1CCOC2CCCCC21. The third-order valence-electron chi connectivity index (χ3n) is 4.59. The number of fused-ring (bicyclic) bond motifs is 1. The Morgan fingerprint density at radius 3 is 3.05 bits per heavy atom. The van der Waals surface area contributed by atoms with Gasteiger partial charge in [0.2, 0.25) is 0 Å². The highest BCUT2D eigenvalue weighted by Gasteiger charge is 2.37. The van der Waals surface area contributed by atoms with Crippen molar-refractivity contribution in [3.05, 3.63) is 18.0 Å². The maximum Gasteiger partial charge on any atom is 0.270 e. The number of ether oxygens (including phenoxy) is 1. The largest absolute Gasteiger partial charge is 0.397 e. The smallest absolute Gasteiger partial charge is 0.270 e. The molecule has 2 fully saturated rings. The number of carbonyl (C=O) groups is 1. The summed E-state index contributed by atoms with van der Waals surface area (Å²) in [5, 5.41) is 0. The van der Waals surface area contributed by atoms with Crippen LogP contribution in [0.3, 0.4) is 0 Å². The molecular formula is C16H25N3O2. The number of hydrogen-bond donors (Lipinski definition) is 1. The van der Waals surface area contributed by atoms with Gasteiger partial charge in [-0.15, -0.1) is 0 Å². The Morgan fingerprint density at radius 1 is 1.43 bits per heavy atom. The maximum atomic E-state index is 13.0. The molecule has 1 saturated heterocycles. The Kier molecular flexibility index (Phi) is 4.19. The molecule has 2 N–H and O–H groups in total. The second kappa shape index (κ2) is 6.10. The lowest BCUT2D eigenvalue weighted by molar-refractivity contribution is -0.0755. The molecule has 21 heavy (non-hydrogen) atoms. The first kappa shape index (κ1) is 14.4. The molecule has 1 aliphatic carbocycles. The fraction of sp³-hybridized carbons (Fsp3) is 0.688. The van der Waals surface area contributed by atoms with Gasteiger partial charge in [0.1, 0.15) is 5.69 Å². The lowest BCUT2D eigenvalue weighted by Crippen LogP contribution is -2.55. The third kappa shape index (κ3) is 2.79. The van der Waals surface area contributed by atoms with Gasteiger partial charge in [-0.2, -0.15) is 0 Å². The van der Waals surface area contributed by atoms with E-state index in [2.05, 4.69) is 6.92 Å². The lowest BCUT2D eigenvalue weighted by atomic mass is 9.90. The zero-order valence-corrected chi connectivity index (χ0v) is 12.8. The number of nitrogen functional groups attached to an aromatic ring is 1. The number of hydrogen-bond acceptors (Lipinski definition) is 3. The Labute approximate surface area is 126 Å². The fourth-order valence-electron chi connectivity index (χ4n) is 3.63. The van der Waals surface area contributed by atoms with Gasteiger partial charge >= 0.3 is 0 Å². The molecule has 3 rings (SSSR count). The Bertz CT molecular complexity index is 510. The number of nitrogens with two attached hydrogens (primary N) is 1. The summed E-state index contributed by atoms with van der Waals surface area (Å²) in [6.07, 6.45) is 7.62. The van der Waals surface area contributed by atoms with Crippen LogP contribution in [-0.2, 0) is 11.3 Å². The van der Waals surface area contributed by atoms with Crippen molar-refractivity contribution < 1.29 is 9.53 Å². The number of amides is 1. The highest BCUT2D eigenvalue weighted by atomic mass is 16.5. The standard InChI is InChI=1S/C16H25N3O2/c1-2-7-18-11-12(17)10-14(18)16(20)19-8-9-21-15-6-4-3-5-13(15)19/h10-11,13,15H,2-9,17H2,1H3. The molecule has 2 aliphatic rings. The van der Waals surface area contributed by atoms with E-state index in [9.17, 15) is 4.79 Å². The molecule has 1 saturated carbocycles. The molecule has 0 aromatic carbocycles. The minimum Gasteiger partial charge on any atom is -0.397 e. The lowest BCUT2D eigenvalue weighted by Gasteiger charge is -2.43. The molecule has 116 valence electrons. The zero-order valence-electron chi connectivity index (χ0n) is 12.8. The summed E-state index contributed by atoms with van der Waals surface area (Å²) >= 11 is 0. The number of rotatable bonds is 3. The topological polar surface area (TPSA) is 60.5 Å². The van der Waals surface area contributed by atoms with Crippen LogP contribution >= 0.6 is 0 Å². The van der Waals surface area contributed by atoms with E-state index in [0.29, 0.717) is 18.8 Å². The first-order valence-electron chi connectivity index (χ1n) is 8.09. The van der Waals surface area contributed by atoms with E-state index >= 15 is 0 Å². The van der Waals surface area contributed by atoms with E-state index in [0.717, 1.165) is 31.5 Å². The van der Waals surface area contributed by atoms with Crippen LogP contribution in [0.1, 0.15) is 49.5 Å². The molecular weight excluding hydrogens is 266 g/mol. The van der Waals surface area contributed by atoms with Crippen LogP contribution in [0, 0.1) is 0 Å². The van der Waals surface area contributed by atoms with E-state index in [1.807, 2.05) is 21.7 Å². The first-order chi connectivity index (χ1) is 10.2. The van der Waals surface area contributed by atoms with Crippen molar-refractivity contribution in [1.82, 2.24) is 9.47 Å². The molecule has 5 nitrogen and oxygen atoms in total. The van der Waals surface area contributed by atoms with Gasteiger partial charge in [-0.05, 0) is 25.3 Å². The van der Waals surface area contributed by atoms with Crippen molar-refractivity contribution in [2.24, 2.45) is 0 Å². The zero-order chi connectivity index (χ0) is 14.8. The number of carbonyl (C=O) groups excluding carboxylic acids is 1. The van der Waals surface area contributed by atoms with Gasteiger partial charge in [-0.1, -0.05) is 19.8 Å². The molecule has 0 spiro atoms. The molecule has 1 aromatic rings. The monoisotopic (exact) mass is 291 g/mol. The predicted octanol–water partition coefficient (Wildman–Crippen LogP) is 2.26. The first-order valence-corrected chi connectivity index (χ1v) is 8.09. The number of aryl methyl sites for hydroxylation is 1. The number of morpholine rings is 1. The van der Waals surface area contributed by atoms with Gasteiger partial charge in [0.15, 0.2) is 0 Å². The van der Waals surface area contributed by atoms with E-state index in [1.54, 1.807) is 0 Å². The summed E-state index contributed by atoms with van der Waals surface area (Å²) in [6, 6.07) is 2.05. The van der Waals surface area contributed by atoms with Gasteiger partial charge in [0.25, 0.3) is 5.91 Å². The van der Waals surface area contributed by atoms with Gasteiger partial charge in [-0.25, -0.2) is 0 Å². The van der Waals surface area contributed by atoms with E-state index in [-0.39, 0.29) is 18.1 Å². The molecule has 1 aliphatic heterocycles. The minimum atomic E-state index is 0.111. The van der Waals surface area contributed by atoms with E-state index < -0.39 is 0 Å².